The Labute approximate surface area is 86.5 Å². The fraction of sp³-hybridized carbons (Fsp3) is 0.900. The number of carbonyl (C=O) groups excluding carboxylic acids is 1. The second kappa shape index (κ2) is 7.39. The fourth-order valence-corrected chi connectivity index (χ4v) is 1.40. The van der Waals surface area contributed by atoms with Gasteiger partial charge in [0.25, 0.3) is 0 Å². The molecule has 1 unspecified atom stereocenters. The van der Waals surface area contributed by atoms with Crippen LogP contribution in [0, 0.1) is 5.41 Å². The summed E-state index contributed by atoms with van der Waals surface area (Å²) in [4.78, 5) is 11.0. The molecule has 0 aliphatic rings. The first-order valence-electron chi connectivity index (χ1n) is 4.89. The van der Waals surface area contributed by atoms with E-state index in [0.717, 1.165) is 32.0 Å². The third kappa shape index (κ3) is 4.67. The molecule has 0 N–H and O–H groups in total. The van der Waals surface area contributed by atoms with E-state index in [2.05, 4.69) is 19.6 Å². The van der Waals surface area contributed by atoms with Gasteiger partial charge in [0, 0.05) is 5.41 Å². The summed E-state index contributed by atoms with van der Waals surface area (Å²) in [5.74, 6) is 0.391. The fourth-order valence-electron chi connectivity index (χ4n) is 1.31. The predicted molar refractivity (Wildman–Crippen MR) is 58.1 cm³/mol. The molecule has 78 valence electrons. The van der Waals surface area contributed by atoms with Crippen LogP contribution in [0.4, 0.5) is 0 Å². The van der Waals surface area contributed by atoms with Crippen molar-refractivity contribution in [3.63, 3.8) is 0 Å². The average molecular weight is 204 g/mol. The molecule has 0 rings (SSSR count). The summed E-state index contributed by atoms with van der Waals surface area (Å²) in [5.41, 5.74) is -0.265. The maximum atomic E-state index is 11.0. The Morgan fingerprint density at radius 3 is 2.54 bits per heavy atom. The average Bonchev–Trinajstić information content (AvgIpc) is 2.20. The van der Waals surface area contributed by atoms with Gasteiger partial charge in [-0.25, -0.2) is 0 Å². The van der Waals surface area contributed by atoms with Crippen molar-refractivity contribution in [1.82, 2.24) is 0 Å². The highest BCUT2D eigenvalue weighted by atomic mass is 32.1. The van der Waals surface area contributed by atoms with Crippen molar-refractivity contribution in [2.45, 2.75) is 39.5 Å². The Balaban J connectivity index is 4.04. The molecule has 0 bridgehead atoms. The van der Waals surface area contributed by atoms with Gasteiger partial charge in [0.15, 0.2) is 0 Å². The smallest absolute Gasteiger partial charge is 0.128 e. The number of aldehydes is 1. The van der Waals surface area contributed by atoms with E-state index >= 15 is 0 Å². The van der Waals surface area contributed by atoms with Crippen LogP contribution in [0.3, 0.4) is 0 Å². The van der Waals surface area contributed by atoms with Gasteiger partial charge in [-0.15, -0.1) is 0 Å². The van der Waals surface area contributed by atoms with E-state index in [1.807, 2.05) is 6.92 Å². The molecule has 0 saturated carbocycles. The number of thiol groups is 1. The largest absolute Gasteiger partial charge is 0.370 e. The van der Waals surface area contributed by atoms with Crippen LogP contribution in [0.25, 0.3) is 0 Å². The van der Waals surface area contributed by atoms with E-state index in [1.165, 1.54) is 0 Å². The molecule has 0 saturated heterocycles. The first-order valence-corrected chi connectivity index (χ1v) is 5.53. The minimum Gasteiger partial charge on any atom is -0.370 e. The quantitative estimate of drug-likeness (QED) is 0.374. The zero-order valence-electron chi connectivity index (χ0n) is 8.58. The molecule has 2 nitrogen and oxygen atoms in total. The van der Waals surface area contributed by atoms with Crippen molar-refractivity contribution in [2.24, 2.45) is 5.41 Å². The standard InChI is InChI=1S/C10H20O2S/c1-3-5-6-10(4-2,7-11)8-12-9-13/h7,13H,3-6,8-9H2,1-2H3. The number of unbranched alkanes of at least 4 members (excludes halogenated alkanes) is 1. The third-order valence-corrected chi connectivity index (χ3v) is 2.65. The predicted octanol–water partition coefficient (Wildman–Crippen LogP) is 2.68. The highest BCUT2D eigenvalue weighted by molar-refractivity contribution is 7.80. The molecule has 0 spiro atoms. The first kappa shape index (κ1) is 13.0. The van der Waals surface area contributed by atoms with Gasteiger partial charge in [-0.3, -0.25) is 0 Å². The number of hydrogen-bond acceptors (Lipinski definition) is 3. The van der Waals surface area contributed by atoms with Crippen molar-refractivity contribution in [3.8, 4) is 0 Å². The van der Waals surface area contributed by atoms with E-state index < -0.39 is 0 Å². The van der Waals surface area contributed by atoms with Gasteiger partial charge in [-0.05, 0) is 12.8 Å². The molecule has 0 heterocycles. The van der Waals surface area contributed by atoms with Crippen molar-refractivity contribution in [2.75, 3.05) is 12.5 Å². The summed E-state index contributed by atoms with van der Waals surface area (Å²) < 4.78 is 5.21. The molecule has 0 aliphatic heterocycles. The summed E-state index contributed by atoms with van der Waals surface area (Å²) >= 11 is 3.96. The Kier molecular flexibility index (Phi) is 7.38. The van der Waals surface area contributed by atoms with E-state index in [-0.39, 0.29) is 5.41 Å². The molecule has 0 aromatic rings. The van der Waals surface area contributed by atoms with Crippen molar-refractivity contribution >= 4 is 18.9 Å². The molecule has 0 amide bonds. The van der Waals surface area contributed by atoms with Crippen LogP contribution in [-0.2, 0) is 9.53 Å². The van der Waals surface area contributed by atoms with Crippen LogP contribution in [0.15, 0.2) is 0 Å². The normalized spacial score (nSPS) is 15.3. The van der Waals surface area contributed by atoms with Gasteiger partial charge in [0.05, 0.1) is 12.5 Å². The Hall–Kier alpha value is -0.0200. The molecule has 0 aromatic heterocycles. The molecule has 0 aliphatic carbocycles. The zero-order valence-corrected chi connectivity index (χ0v) is 9.48. The topological polar surface area (TPSA) is 26.3 Å². The van der Waals surface area contributed by atoms with Crippen LogP contribution in [-0.4, -0.2) is 18.8 Å². The van der Waals surface area contributed by atoms with E-state index in [9.17, 15) is 4.79 Å². The van der Waals surface area contributed by atoms with Gasteiger partial charge in [-0.2, -0.15) is 12.6 Å². The van der Waals surface area contributed by atoms with Crippen LogP contribution < -0.4 is 0 Å². The van der Waals surface area contributed by atoms with Crippen LogP contribution in [0.1, 0.15) is 39.5 Å². The zero-order chi connectivity index (χ0) is 10.2. The Morgan fingerprint density at radius 2 is 2.15 bits per heavy atom. The summed E-state index contributed by atoms with van der Waals surface area (Å²) in [5, 5.41) is 0. The minimum atomic E-state index is -0.265. The third-order valence-electron chi connectivity index (χ3n) is 2.46. The number of carbonyl (C=O) groups is 1. The lowest BCUT2D eigenvalue weighted by molar-refractivity contribution is -0.120. The number of rotatable bonds is 8. The Bertz CT molecular complexity index is 129. The maximum Gasteiger partial charge on any atom is 0.128 e. The SMILES string of the molecule is CCCCC(C=O)(CC)COCS. The highest BCUT2D eigenvalue weighted by Crippen LogP contribution is 2.26. The van der Waals surface area contributed by atoms with Gasteiger partial charge < -0.3 is 9.53 Å². The monoisotopic (exact) mass is 204 g/mol. The summed E-state index contributed by atoms with van der Waals surface area (Å²) in [6.45, 7) is 4.67. The van der Waals surface area contributed by atoms with Crippen molar-refractivity contribution in [3.05, 3.63) is 0 Å². The summed E-state index contributed by atoms with van der Waals surface area (Å²) in [6.07, 6.45) is 5.03. The second-order valence-corrected chi connectivity index (χ2v) is 3.67. The van der Waals surface area contributed by atoms with Gasteiger partial charge in [-0.1, -0.05) is 26.7 Å². The van der Waals surface area contributed by atoms with Gasteiger partial charge in [0.2, 0.25) is 0 Å². The summed E-state index contributed by atoms with van der Waals surface area (Å²) in [6, 6.07) is 0. The molecule has 0 fully saturated rings. The maximum absolute atomic E-state index is 11.0. The molecular formula is C10H20O2S. The molecular weight excluding hydrogens is 184 g/mol. The van der Waals surface area contributed by atoms with E-state index in [1.54, 1.807) is 0 Å². The van der Waals surface area contributed by atoms with E-state index in [4.69, 9.17) is 4.74 Å². The van der Waals surface area contributed by atoms with Crippen LogP contribution in [0.2, 0.25) is 0 Å². The minimum absolute atomic E-state index is 0.265. The molecule has 0 aromatic carbocycles. The molecule has 3 heteroatoms. The molecule has 0 radical (unpaired) electrons. The number of hydrogen-bond donors (Lipinski definition) is 1. The van der Waals surface area contributed by atoms with Gasteiger partial charge >= 0.3 is 0 Å². The lowest BCUT2D eigenvalue weighted by Crippen LogP contribution is -2.28. The molecule has 13 heavy (non-hydrogen) atoms. The lowest BCUT2D eigenvalue weighted by atomic mass is 9.82. The highest BCUT2D eigenvalue weighted by Gasteiger charge is 2.26. The Morgan fingerprint density at radius 1 is 1.46 bits per heavy atom. The number of ether oxygens (including phenoxy) is 1. The first-order chi connectivity index (χ1) is 6.24. The summed E-state index contributed by atoms with van der Waals surface area (Å²) in [7, 11) is 0. The van der Waals surface area contributed by atoms with Crippen molar-refractivity contribution in [1.29, 1.82) is 0 Å². The van der Waals surface area contributed by atoms with Crippen molar-refractivity contribution < 1.29 is 9.53 Å². The molecule has 1 atom stereocenters. The van der Waals surface area contributed by atoms with Crippen LogP contribution in [0.5, 0.6) is 0 Å². The van der Waals surface area contributed by atoms with Crippen LogP contribution >= 0.6 is 12.6 Å². The van der Waals surface area contributed by atoms with E-state index in [0.29, 0.717) is 12.5 Å². The lowest BCUT2D eigenvalue weighted by Gasteiger charge is -2.25. The van der Waals surface area contributed by atoms with Gasteiger partial charge in [0.1, 0.15) is 6.29 Å². The second-order valence-electron chi connectivity index (χ2n) is 3.41.